The third kappa shape index (κ3) is 6.16. The van der Waals surface area contributed by atoms with Crippen LogP contribution in [0.3, 0.4) is 0 Å². The lowest BCUT2D eigenvalue weighted by Gasteiger charge is -2.19. The maximum Gasteiger partial charge on any atom is 0.122 e. The van der Waals surface area contributed by atoms with Crippen LogP contribution in [0.1, 0.15) is 43.9 Å². The highest BCUT2D eigenvalue weighted by Crippen LogP contribution is 2.25. The van der Waals surface area contributed by atoms with Crippen LogP contribution in [-0.4, -0.2) is 24.4 Å². The van der Waals surface area contributed by atoms with Crippen LogP contribution in [0, 0.1) is 0 Å². The van der Waals surface area contributed by atoms with Gasteiger partial charge in [-0.2, -0.15) is 0 Å². The van der Waals surface area contributed by atoms with Crippen molar-refractivity contribution in [2.75, 3.05) is 13.2 Å². The number of rotatable bonds is 8. The number of aliphatic hydroxyl groups is 1. The van der Waals surface area contributed by atoms with Crippen LogP contribution in [0.2, 0.25) is 0 Å². The van der Waals surface area contributed by atoms with E-state index in [4.69, 9.17) is 4.74 Å². The van der Waals surface area contributed by atoms with E-state index in [2.05, 4.69) is 44.3 Å². The summed E-state index contributed by atoms with van der Waals surface area (Å²) in [5, 5.41) is 13.5. The lowest BCUT2D eigenvalue weighted by Crippen LogP contribution is -2.33. The fourth-order valence-corrected chi connectivity index (χ4v) is 2.51. The van der Waals surface area contributed by atoms with Crippen LogP contribution in [0.25, 0.3) is 0 Å². The topological polar surface area (TPSA) is 41.5 Å². The molecule has 0 aliphatic heterocycles. The van der Waals surface area contributed by atoms with Gasteiger partial charge in [-0.1, -0.05) is 62.4 Å². The van der Waals surface area contributed by atoms with Gasteiger partial charge in [-0.25, -0.2) is 0 Å². The van der Waals surface area contributed by atoms with Crippen LogP contribution in [0.15, 0.2) is 54.6 Å². The molecule has 2 aromatic rings. The SMILES string of the molecule is CC(C)c1ccccc1OCC(O)CNC(C)c1ccccc1.Cl. The number of hydrogen-bond acceptors (Lipinski definition) is 3. The molecular formula is C20H28ClNO2. The fraction of sp³-hybridized carbons (Fsp3) is 0.400. The Balaban J connectivity index is 0.00000288. The van der Waals surface area contributed by atoms with E-state index >= 15 is 0 Å². The summed E-state index contributed by atoms with van der Waals surface area (Å²) in [6.45, 7) is 7.17. The second-order valence-electron chi connectivity index (χ2n) is 6.20. The van der Waals surface area contributed by atoms with Crippen molar-refractivity contribution in [3.8, 4) is 5.75 Å². The van der Waals surface area contributed by atoms with Crippen LogP contribution < -0.4 is 10.1 Å². The number of benzene rings is 2. The molecule has 2 aromatic carbocycles. The van der Waals surface area contributed by atoms with Crippen LogP contribution in [0.4, 0.5) is 0 Å². The van der Waals surface area contributed by atoms with Crippen molar-refractivity contribution in [1.29, 1.82) is 0 Å². The van der Waals surface area contributed by atoms with Gasteiger partial charge in [-0.15, -0.1) is 12.4 Å². The Labute approximate surface area is 151 Å². The van der Waals surface area contributed by atoms with Gasteiger partial charge in [0.2, 0.25) is 0 Å². The summed E-state index contributed by atoms with van der Waals surface area (Å²) in [5.74, 6) is 1.26. The minimum Gasteiger partial charge on any atom is -0.491 e. The first kappa shape index (κ1) is 20.5. The van der Waals surface area contributed by atoms with E-state index in [1.807, 2.05) is 36.4 Å². The van der Waals surface area contributed by atoms with Crippen LogP contribution in [-0.2, 0) is 0 Å². The lowest BCUT2D eigenvalue weighted by atomic mass is 10.0. The predicted octanol–water partition coefficient (Wildman–Crippen LogP) is 4.32. The zero-order valence-electron chi connectivity index (χ0n) is 14.6. The molecule has 0 saturated heterocycles. The van der Waals surface area contributed by atoms with E-state index in [1.54, 1.807) is 0 Å². The minimum atomic E-state index is -0.540. The zero-order valence-corrected chi connectivity index (χ0v) is 15.4. The van der Waals surface area contributed by atoms with Gasteiger partial charge >= 0.3 is 0 Å². The summed E-state index contributed by atoms with van der Waals surface area (Å²) in [4.78, 5) is 0. The van der Waals surface area contributed by atoms with Crippen molar-refractivity contribution >= 4 is 12.4 Å². The predicted molar refractivity (Wildman–Crippen MR) is 102 cm³/mol. The highest BCUT2D eigenvalue weighted by molar-refractivity contribution is 5.85. The molecule has 24 heavy (non-hydrogen) atoms. The molecule has 0 amide bonds. The Kier molecular flexibility index (Phi) is 8.83. The fourth-order valence-electron chi connectivity index (χ4n) is 2.51. The Morgan fingerprint density at radius 3 is 2.25 bits per heavy atom. The van der Waals surface area contributed by atoms with Crippen molar-refractivity contribution in [3.05, 3.63) is 65.7 Å². The normalized spacial score (nSPS) is 13.2. The summed E-state index contributed by atoms with van der Waals surface area (Å²) >= 11 is 0. The van der Waals surface area contributed by atoms with Gasteiger partial charge in [-0.05, 0) is 30.0 Å². The third-order valence-electron chi connectivity index (χ3n) is 3.93. The highest BCUT2D eigenvalue weighted by atomic mass is 35.5. The molecule has 0 aliphatic carbocycles. The van der Waals surface area contributed by atoms with Gasteiger partial charge in [0.25, 0.3) is 0 Å². The smallest absolute Gasteiger partial charge is 0.122 e. The number of halogens is 1. The number of nitrogens with one attached hydrogen (secondary N) is 1. The molecule has 3 nitrogen and oxygen atoms in total. The second kappa shape index (κ2) is 10.3. The van der Waals surface area contributed by atoms with Gasteiger partial charge < -0.3 is 15.2 Å². The molecular weight excluding hydrogens is 322 g/mol. The van der Waals surface area contributed by atoms with Gasteiger partial charge in [-0.3, -0.25) is 0 Å². The van der Waals surface area contributed by atoms with Gasteiger partial charge in [0, 0.05) is 12.6 Å². The van der Waals surface area contributed by atoms with Gasteiger partial charge in [0.05, 0.1) is 0 Å². The molecule has 0 bridgehead atoms. The van der Waals surface area contributed by atoms with Crippen molar-refractivity contribution in [3.63, 3.8) is 0 Å². The summed E-state index contributed by atoms with van der Waals surface area (Å²) in [6.07, 6.45) is -0.540. The van der Waals surface area contributed by atoms with E-state index in [9.17, 15) is 5.11 Å². The van der Waals surface area contributed by atoms with E-state index in [0.717, 1.165) is 5.75 Å². The van der Waals surface area contributed by atoms with Crippen LogP contribution in [0.5, 0.6) is 5.75 Å². The van der Waals surface area contributed by atoms with E-state index in [0.29, 0.717) is 12.5 Å². The Bertz CT molecular complexity index is 589. The molecule has 0 spiro atoms. The highest BCUT2D eigenvalue weighted by Gasteiger charge is 2.11. The first-order chi connectivity index (χ1) is 11.1. The van der Waals surface area contributed by atoms with Crippen molar-refractivity contribution in [1.82, 2.24) is 5.32 Å². The average molecular weight is 350 g/mol. The molecule has 2 rings (SSSR count). The first-order valence-corrected chi connectivity index (χ1v) is 8.26. The number of hydrogen-bond donors (Lipinski definition) is 2. The number of para-hydroxylation sites is 1. The lowest BCUT2D eigenvalue weighted by molar-refractivity contribution is 0.103. The maximum atomic E-state index is 10.1. The standard InChI is InChI=1S/C20H27NO2.ClH/c1-15(2)19-11-7-8-12-20(19)23-14-18(22)13-21-16(3)17-9-5-4-6-10-17;/h4-12,15-16,18,21-22H,13-14H2,1-3H3;1H. The summed E-state index contributed by atoms with van der Waals surface area (Å²) in [7, 11) is 0. The third-order valence-corrected chi connectivity index (χ3v) is 3.93. The largest absolute Gasteiger partial charge is 0.491 e. The van der Waals surface area contributed by atoms with E-state index in [-0.39, 0.29) is 25.1 Å². The molecule has 2 unspecified atom stereocenters. The van der Waals surface area contributed by atoms with Crippen molar-refractivity contribution < 1.29 is 9.84 Å². The number of aliphatic hydroxyl groups excluding tert-OH is 1. The van der Waals surface area contributed by atoms with Gasteiger partial charge in [0.15, 0.2) is 0 Å². The number of ether oxygens (including phenoxy) is 1. The van der Waals surface area contributed by atoms with E-state index < -0.39 is 6.10 Å². The molecule has 2 N–H and O–H groups in total. The first-order valence-electron chi connectivity index (χ1n) is 8.26. The minimum absolute atomic E-state index is 0. The molecule has 0 aliphatic rings. The van der Waals surface area contributed by atoms with Gasteiger partial charge in [0.1, 0.15) is 18.5 Å². The summed E-state index contributed by atoms with van der Waals surface area (Å²) < 4.78 is 5.81. The van der Waals surface area contributed by atoms with Crippen LogP contribution >= 0.6 is 12.4 Å². The Morgan fingerprint density at radius 2 is 1.58 bits per heavy atom. The molecule has 0 aromatic heterocycles. The molecule has 0 radical (unpaired) electrons. The molecule has 132 valence electrons. The molecule has 0 heterocycles. The van der Waals surface area contributed by atoms with E-state index in [1.165, 1.54) is 11.1 Å². The summed E-state index contributed by atoms with van der Waals surface area (Å²) in [5.41, 5.74) is 2.39. The quantitative estimate of drug-likeness (QED) is 0.745. The monoisotopic (exact) mass is 349 g/mol. The Morgan fingerprint density at radius 1 is 0.958 bits per heavy atom. The molecule has 0 saturated carbocycles. The molecule has 4 heteroatoms. The Hall–Kier alpha value is -1.55. The van der Waals surface area contributed by atoms with Crippen molar-refractivity contribution in [2.24, 2.45) is 0 Å². The summed E-state index contributed by atoms with van der Waals surface area (Å²) in [6, 6.07) is 18.4. The molecule has 0 fully saturated rings. The average Bonchev–Trinajstić information content (AvgIpc) is 2.58. The zero-order chi connectivity index (χ0) is 16.7. The second-order valence-corrected chi connectivity index (χ2v) is 6.20. The maximum absolute atomic E-state index is 10.1. The van der Waals surface area contributed by atoms with Crippen molar-refractivity contribution in [2.45, 2.75) is 38.8 Å². The molecule has 2 atom stereocenters.